The number of nitrogens with one attached hydrogen (secondary N) is 1. The standard InChI is InChI=1S/C18H15ClF3N3O3/c19-11-9-10(6-7-12(11)26)16-17(23-8-2-5-15(27)28)25-13(18(20,21)22)3-1-4-14(25)24-16/h1,3-4,6-7,9,23,26H,2,5,8H2,(H,27,28). The first-order chi connectivity index (χ1) is 13.2. The Morgan fingerprint density at radius 2 is 2.00 bits per heavy atom. The molecule has 2 aromatic heterocycles. The number of carboxylic acids is 1. The van der Waals surface area contributed by atoms with E-state index < -0.39 is 17.8 Å². The number of hydrogen-bond donors (Lipinski definition) is 3. The van der Waals surface area contributed by atoms with E-state index in [-0.39, 0.29) is 47.3 Å². The number of hydrogen-bond acceptors (Lipinski definition) is 4. The van der Waals surface area contributed by atoms with E-state index in [1.165, 1.54) is 30.3 Å². The zero-order valence-electron chi connectivity index (χ0n) is 14.3. The topological polar surface area (TPSA) is 86.9 Å². The largest absolute Gasteiger partial charge is 0.506 e. The van der Waals surface area contributed by atoms with Crippen LogP contribution < -0.4 is 5.32 Å². The molecule has 0 atom stereocenters. The van der Waals surface area contributed by atoms with E-state index in [1.807, 2.05) is 0 Å². The summed E-state index contributed by atoms with van der Waals surface area (Å²) in [4.78, 5) is 15.0. The highest BCUT2D eigenvalue weighted by Crippen LogP contribution is 2.37. The lowest BCUT2D eigenvalue weighted by Gasteiger charge is -2.14. The Hall–Kier alpha value is -2.94. The Kier molecular flexibility index (Phi) is 5.37. The number of rotatable bonds is 6. The molecule has 3 aromatic rings. The van der Waals surface area contributed by atoms with Gasteiger partial charge in [-0.15, -0.1) is 0 Å². The van der Waals surface area contributed by atoms with Crippen molar-refractivity contribution in [2.24, 2.45) is 0 Å². The van der Waals surface area contributed by atoms with E-state index >= 15 is 0 Å². The molecule has 148 valence electrons. The van der Waals surface area contributed by atoms with Crippen LogP contribution in [-0.4, -0.2) is 32.1 Å². The predicted molar refractivity (Wildman–Crippen MR) is 97.7 cm³/mol. The third-order valence-corrected chi connectivity index (χ3v) is 4.32. The molecule has 0 spiro atoms. The molecule has 0 amide bonds. The van der Waals surface area contributed by atoms with Crippen molar-refractivity contribution in [1.82, 2.24) is 9.38 Å². The lowest BCUT2D eigenvalue weighted by atomic mass is 10.1. The zero-order chi connectivity index (χ0) is 20.5. The molecule has 28 heavy (non-hydrogen) atoms. The molecule has 0 aliphatic rings. The van der Waals surface area contributed by atoms with Gasteiger partial charge in [0.05, 0.1) is 5.02 Å². The third kappa shape index (κ3) is 3.99. The highest BCUT2D eigenvalue weighted by atomic mass is 35.5. The summed E-state index contributed by atoms with van der Waals surface area (Å²) in [5.74, 6) is -1.10. The normalized spacial score (nSPS) is 11.7. The molecule has 1 aromatic carbocycles. The molecule has 3 N–H and O–H groups in total. The molecule has 2 heterocycles. The van der Waals surface area contributed by atoms with Crippen LogP contribution in [0.15, 0.2) is 36.4 Å². The molecule has 3 rings (SSSR count). The number of phenols is 1. The minimum atomic E-state index is -4.62. The van der Waals surface area contributed by atoms with E-state index in [1.54, 1.807) is 0 Å². The molecule has 0 bridgehead atoms. The summed E-state index contributed by atoms with van der Waals surface area (Å²) >= 11 is 5.93. The number of aromatic nitrogens is 2. The third-order valence-electron chi connectivity index (χ3n) is 4.02. The molecule has 0 unspecified atom stereocenters. The second-order valence-electron chi connectivity index (χ2n) is 6.00. The van der Waals surface area contributed by atoms with Crippen LogP contribution >= 0.6 is 11.6 Å². The summed E-state index contributed by atoms with van der Waals surface area (Å²) < 4.78 is 41.5. The Morgan fingerprint density at radius 3 is 2.64 bits per heavy atom. The van der Waals surface area contributed by atoms with Crippen molar-refractivity contribution in [3.05, 3.63) is 47.1 Å². The van der Waals surface area contributed by atoms with Gasteiger partial charge in [-0.3, -0.25) is 9.20 Å². The van der Waals surface area contributed by atoms with Crippen LogP contribution in [-0.2, 0) is 11.0 Å². The number of imidazole rings is 1. The fourth-order valence-corrected chi connectivity index (χ4v) is 2.96. The maximum Gasteiger partial charge on any atom is 0.431 e. The monoisotopic (exact) mass is 413 g/mol. The van der Waals surface area contributed by atoms with Crippen LogP contribution in [0.3, 0.4) is 0 Å². The van der Waals surface area contributed by atoms with Crippen molar-refractivity contribution in [3.63, 3.8) is 0 Å². The number of carboxylic acid groups (broad SMARTS) is 1. The highest BCUT2D eigenvalue weighted by Gasteiger charge is 2.35. The molecule has 10 heteroatoms. The predicted octanol–water partition coefficient (Wildman–Crippen LogP) is 4.66. The fraction of sp³-hybridized carbons (Fsp3) is 0.222. The SMILES string of the molecule is O=C(O)CCCNc1c(-c2ccc(O)c(Cl)c2)nc2cccc(C(F)(F)F)n12. The Balaban J connectivity index is 2.15. The number of fused-ring (bicyclic) bond motifs is 1. The fourth-order valence-electron chi connectivity index (χ4n) is 2.78. The Labute approximate surface area is 162 Å². The van der Waals surface area contributed by atoms with Crippen LogP contribution in [0, 0.1) is 0 Å². The lowest BCUT2D eigenvalue weighted by molar-refractivity contribution is -0.142. The number of aliphatic carboxylic acids is 1. The van der Waals surface area contributed by atoms with Gasteiger partial charge in [-0.05, 0) is 36.8 Å². The molecule has 6 nitrogen and oxygen atoms in total. The number of phenolic OH excluding ortho intramolecular Hbond substituents is 1. The van der Waals surface area contributed by atoms with Gasteiger partial charge in [0.15, 0.2) is 0 Å². The second kappa shape index (κ2) is 7.59. The van der Waals surface area contributed by atoms with Gasteiger partial charge in [0, 0.05) is 18.5 Å². The zero-order valence-corrected chi connectivity index (χ0v) is 15.1. The number of aromatic hydroxyl groups is 1. The van der Waals surface area contributed by atoms with E-state index in [0.29, 0.717) is 5.56 Å². The van der Waals surface area contributed by atoms with Crippen LogP contribution in [0.4, 0.5) is 19.0 Å². The molecule has 0 saturated heterocycles. The van der Waals surface area contributed by atoms with Gasteiger partial charge in [0.25, 0.3) is 0 Å². The molecular weight excluding hydrogens is 399 g/mol. The first kappa shape index (κ1) is 19.8. The minimum absolute atomic E-state index is 0.0300. The average molecular weight is 414 g/mol. The van der Waals surface area contributed by atoms with E-state index in [4.69, 9.17) is 16.7 Å². The number of pyridine rings is 1. The summed E-state index contributed by atoms with van der Waals surface area (Å²) in [5, 5.41) is 21.2. The maximum absolute atomic E-state index is 13.5. The van der Waals surface area contributed by atoms with Gasteiger partial charge in [0.1, 0.15) is 28.6 Å². The number of benzene rings is 1. The number of halogens is 4. The number of alkyl halides is 3. The van der Waals surface area contributed by atoms with Crippen molar-refractivity contribution in [2.75, 3.05) is 11.9 Å². The quantitative estimate of drug-likeness (QED) is 0.512. The van der Waals surface area contributed by atoms with Crippen molar-refractivity contribution in [2.45, 2.75) is 19.0 Å². The number of nitrogens with zero attached hydrogens (tertiary/aromatic N) is 2. The van der Waals surface area contributed by atoms with Crippen molar-refractivity contribution in [1.29, 1.82) is 0 Å². The summed E-state index contributed by atoms with van der Waals surface area (Å²) in [6, 6.07) is 7.83. The number of anilines is 1. The van der Waals surface area contributed by atoms with Crippen molar-refractivity contribution < 1.29 is 28.2 Å². The molecular formula is C18H15ClF3N3O3. The summed E-state index contributed by atoms with van der Waals surface area (Å²) in [7, 11) is 0. The van der Waals surface area contributed by atoms with E-state index in [2.05, 4.69) is 10.3 Å². The van der Waals surface area contributed by atoms with Crippen molar-refractivity contribution in [3.8, 4) is 17.0 Å². The van der Waals surface area contributed by atoms with Crippen LogP contribution in [0.25, 0.3) is 16.9 Å². The lowest BCUT2D eigenvalue weighted by Crippen LogP contribution is -2.14. The van der Waals surface area contributed by atoms with E-state index in [9.17, 15) is 23.1 Å². The summed E-state index contributed by atoms with van der Waals surface area (Å²) in [6.07, 6.45) is -4.54. The van der Waals surface area contributed by atoms with Gasteiger partial charge >= 0.3 is 12.1 Å². The van der Waals surface area contributed by atoms with Crippen molar-refractivity contribution >= 4 is 29.0 Å². The Morgan fingerprint density at radius 1 is 1.25 bits per heavy atom. The Bertz CT molecular complexity index is 1030. The van der Waals surface area contributed by atoms with E-state index in [0.717, 1.165) is 10.5 Å². The highest BCUT2D eigenvalue weighted by molar-refractivity contribution is 6.32. The second-order valence-corrected chi connectivity index (χ2v) is 6.41. The molecule has 0 aliphatic heterocycles. The van der Waals surface area contributed by atoms with Crippen LogP contribution in [0.2, 0.25) is 5.02 Å². The maximum atomic E-state index is 13.5. The smallest absolute Gasteiger partial charge is 0.431 e. The van der Waals surface area contributed by atoms with Crippen LogP contribution in [0.1, 0.15) is 18.5 Å². The van der Waals surface area contributed by atoms with Gasteiger partial charge < -0.3 is 15.5 Å². The first-order valence-corrected chi connectivity index (χ1v) is 8.59. The van der Waals surface area contributed by atoms with Crippen LogP contribution in [0.5, 0.6) is 5.75 Å². The van der Waals surface area contributed by atoms with Gasteiger partial charge in [-0.1, -0.05) is 17.7 Å². The molecule has 0 radical (unpaired) electrons. The molecule has 0 fully saturated rings. The molecule has 0 saturated carbocycles. The van der Waals surface area contributed by atoms with Gasteiger partial charge in [0.2, 0.25) is 0 Å². The number of carbonyl (C=O) groups is 1. The van der Waals surface area contributed by atoms with Gasteiger partial charge in [-0.25, -0.2) is 4.98 Å². The molecule has 0 aliphatic carbocycles. The minimum Gasteiger partial charge on any atom is -0.506 e. The summed E-state index contributed by atoms with van der Waals surface area (Å²) in [6.45, 7) is 0.130. The average Bonchev–Trinajstić information content (AvgIpc) is 2.98. The first-order valence-electron chi connectivity index (χ1n) is 8.21. The summed E-state index contributed by atoms with van der Waals surface area (Å²) in [5.41, 5.74) is -0.251. The van der Waals surface area contributed by atoms with Gasteiger partial charge in [-0.2, -0.15) is 13.2 Å².